The van der Waals surface area contributed by atoms with Crippen LogP contribution in [0.5, 0.6) is 0 Å². The second-order valence-electron chi connectivity index (χ2n) is 9.37. The highest BCUT2D eigenvalue weighted by atomic mass is 16.5. The summed E-state index contributed by atoms with van der Waals surface area (Å²) in [7, 11) is 2.95. The molecule has 0 unspecified atom stereocenters. The summed E-state index contributed by atoms with van der Waals surface area (Å²) in [6.45, 7) is 3.91. The van der Waals surface area contributed by atoms with Crippen LogP contribution in [0, 0.1) is 5.92 Å². The van der Waals surface area contributed by atoms with E-state index in [1.165, 1.54) is 16.7 Å². The molecule has 5 N–H and O–H groups in total. The van der Waals surface area contributed by atoms with Gasteiger partial charge in [-0.05, 0) is 37.3 Å². The average molecular weight is 517 g/mol. The molecule has 1 aliphatic heterocycles. The molecule has 14 nitrogen and oxygen atoms in total. The van der Waals surface area contributed by atoms with Crippen LogP contribution in [0.3, 0.4) is 0 Å². The molecule has 1 fully saturated rings. The molecule has 14 heteroatoms. The molecule has 0 aliphatic carbocycles. The molecule has 1 saturated heterocycles. The van der Waals surface area contributed by atoms with Gasteiger partial charge in [-0.15, -0.1) is 5.10 Å². The van der Waals surface area contributed by atoms with Gasteiger partial charge in [0.05, 0.1) is 13.2 Å². The third kappa shape index (κ3) is 5.78. The zero-order chi connectivity index (χ0) is 27.4. The normalized spacial score (nSPS) is 18.4. The van der Waals surface area contributed by atoms with Crippen molar-refractivity contribution in [2.45, 2.75) is 51.2 Å². The van der Waals surface area contributed by atoms with Crippen molar-refractivity contribution in [2.24, 2.45) is 24.4 Å². The molecule has 0 aromatic carbocycles. The van der Waals surface area contributed by atoms with Gasteiger partial charge in [0, 0.05) is 19.8 Å². The molecule has 0 saturated carbocycles. The lowest BCUT2D eigenvalue weighted by Crippen LogP contribution is -2.57. The summed E-state index contributed by atoms with van der Waals surface area (Å²) in [5.41, 5.74) is 10.5. The molecule has 3 heterocycles. The van der Waals surface area contributed by atoms with Crippen molar-refractivity contribution in [3.63, 3.8) is 0 Å². The minimum Gasteiger partial charge on any atom is -0.467 e. The van der Waals surface area contributed by atoms with Crippen molar-refractivity contribution in [1.29, 1.82) is 0 Å². The highest BCUT2D eigenvalue weighted by Gasteiger charge is 2.41. The van der Waals surface area contributed by atoms with Gasteiger partial charge in [-0.1, -0.05) is 19.1 Å². The van der Waals surface area contributed by atoms with Crippen molar-refractivity contribution in [2.75, 3.05) is 13.7 Å². The molecule has 0 bridgehead atoms. The van der Waals surface area contributed by atoms with E-state index in [-0.39, 0.29) is 42.6 Å². The monoisotopic (exact) mass is 516 g/mol. The zero-order valence-electron chi connectivity index (χ0n) is 21.2. The van der Waals surface area contributed by atoms with E-state index in [2.05, 4.69) is 15.6 Å². The number of esters is 1. The summed E-state index contributed by atoms with van der Waals surface area (Å²) >= 11 is 0. The first-order valence-corrected chi connectivity index (χ1v) is 11.8. The van der Waals surface area contributed by atoms with E-state index < -0.39 is 41.8 Å². The number of aromatic nitrogens is 4. The lowest BCUT2D eigenvalue weighted by Gasteiger charge is -2.39. The summed E-state index contributed by atoms with van der Waals surface area (Å²) in [5.74, 6) is -3.40. The SMILES string of the molecule is COC(=O)[C@@H](CC(C)C)NC(=O)[C@@H]1C[C@@H](n2nnc(C(N)=O)c2C(N)=O)CCN1C(=O)c1cccn1C. The van der Waals surface area contributed by atoms with Gasteiger partial charge in [0.25, 0.3) is 17.7 Å². The number of hydrogen-bond acceptors (Lipinski definition) is 8. The van der Waals surface area contributed by atoms with E-state index >= 15 is 0 Å². The standard InChI is InChI=1S/C23H32N8O6/c1-12(2)10-14(23(36)37-4)26-21(34)16-11-13(31-18(20(25)33)17(19(24)32)27-28-31)7-9-30(16)22(35)15-6-5-8-29(15)3/h5-6,8,12-14,16H,7,9-11H2,1-4H3,(H2,24,32)(H2,25,33)(H,26,34)/t13-,14+,16-/m0/s1. The molecule has 0 radical (unpaired) electrons. The Morgan fingerprint density at radius 2 is 1.89 bits per heavy atom. The maximum atomic E-state index is 13.6. The van der Waals surface area contributed by atoms with Crippen molar-refractivity contribution >= 4 is 29.6 Å². The maximum Gasteiger partial charge on any atom is 0.328 e. The van der Waals surface area contributed by atoms with Crippen molar-refractivity contribution < 1.29 is 28.7 Å². The molecule has 4 amide bonds. The number of nitrogens with two attached hydrogens (primary N) is 2. The summed E-state index contributed by atoms with van der Waals surface area (Å²) in [6, 6.07) is 0.783. The minimum absolute atomic E-state index is 0.0133. The number of nitrogens with one attached hydrogen (secondary N) is 1. The van der Waals surface area contributed by atoms with Crippen LogP contribution in [0.2, 0.25) is 0 Å². The molecule has 1 aliphatic rings. The number of methoxy groups -OCH3 is 1. The Balaban J connectivity index is 1.97. The summed E-state index contributed by atoms with van der Waals surface area (Å²) < 4.78 is 7.67. The van der Waals surface area contributed by atoms with Gasteiger partial charge < -0.3 is 31.0 Å². The summed E-state index contributed by atoms with van der Waals surface area (Å²) in [6.07, 6.45) is 2.34. The van der Waals surface area contributed by atoms with Gasteiger partial charge in [0.2, 0.25) is 5.91 Å². The maximum absolute atomic E-state index is 13.6. The molecule has 3 atom stereocenters. The zero-order valence-corrected chi connectivity index (χ0v) is 21.2. The Hall–Kier alpha value is -4.23. The van der Waals surface area contributed by atoms with E-state index in [9.17, 15) is 24.0 Å². The van der Waals surface area contributed by atoms with Crippen LogP contribution in [0.25, 0.3) is 0 Å². The molecule has 0 spiro atoms. The fourth-order valence-electron chi connectivity index (χ4n) is 4.53. The Morgan fingerprint density at radius 3 is 2.43 bits per heavy atom. The number of ether oxygens (including phenoxy) is 1. The number of carbonyl (C=O) groups is 5. The van der Waals surface area contributed by atoms with Crippen LogP contribution in [-0.2, 0) is 21.4 Å². The van der Waals surface area contributed by atoms with Crippen molar-refractivity contribution in [3.05, 3.63) is 35.4 Å². The summed E-state index contributed by atoms with van der Waals surface area (Å²) in [4.78, 5) is 64.6. The van der Waals surface area contributed by atoms with Gasteiger partial charge in [-0.25, -0.2) is 9.48 Å². The Bertz CT molecular complexity index is 1200. The first-order chi connectivity index (χ1) is 17.5. The number of piperidine rings is 1. The highest BCUT2D eigenvalue weighted by Crippen LogP contribution is 2.30. The minimum atomic E-state index is -1.04. The Kier molecular flexibility index (Phi) is 8.30. The van der Waals surface area contributed by atoms with E-state index in [4.69, 9.17) is 16.2 Å². The lowest BCUT2D eigenvalue weighted by atomic mass is 9.94. The Morgan fingerprint density at radius 1 is 1.19 bits per heavy atom. The number of carbonyl (C=O) groups excluding carboxylic acids is 5. The molecule has 2 aromatic rings. The predicted molar refractivity (Wildman–Crippen MR) is 129 cm³/mol. The third-order valence-corrected chi connectivity index (χ3v) is 6.32. The first kappa shape index (κ1) is 27.4. The third-order valence-electron chi connectivity index (χ3n) is 6.32. The average Bonchev–Trinajstić information content (AvgIpc) is 3.48. The van der Waals surface area contributed by atoms with Crippen LogP contribution in [-0.4, -0.2) is 79.8 Å². The molecular weight excluding hydrogens is 484 g/mol. The molecule has 3 rings (SSSR count). The van der Waals surface area contributed by atoms with Crippen molar-refractivity contribution in [3.8, 4) is 0 Å². The lowest BCUT2D eigenvalue weighted by molar-refractivity contribution is -0.146. The van der Waals surface area contributed by atoms with Crippen LogP contribution in [0.15, 0.2) is 18.3 Å². The first-order valence-electron chi connectivity index (χ1n) is 11.8. The van der Waals surface area contributed by atoms with Gasteiger partial charge >= 0.3 is 5.97 Å². The van der Waals surface area contributed by atoms with Gasteiger partial charge in [0.1, 0.15) is 17.8 Å². The molecule has 2 aromatic heterocycles. The molecule has 200 valence electrons. The summed E-state index contributed by atoms with van der Waals surface area (Å²) in [5, 5.41) is 10.3. The van der Waals surface area contributed by atoms with E-state index in [0.29, 0.717) is 12.1 Å². The number of likely N-dealkylation sites (tertiary alicyclic amines) is 1. The van der Waals surface area contributed by atoms with Gasteiger partial charge in [-0.2, -0.15) is 0 Å². The van der Waals surface area contributed by atoms with E-state index in [0.717, 1.165) is 0 Å². The second-order valence-corrected chi connectivity index (χ2v) is 9.37. The number of amides is 4. The topological polar surface area (TPSA) is 198 Å². The number of aryl methyl sites for hydroxylation is 1. The van der Waals surface area contributed by atoms with Crippen LogP contribution >= 0.6 is 0 Å². The number of primary amides is 2. The van der Waals surface area contributed by atoms with Crippen LogP contribution in [0.4, 0.5) is 0 Å². The van der Waals surface area contributed by atoms with Crippen LogP contribution < -0.4 is 16.8 Å². The number of rotatable bonds is 9. The predicted octanol–water partition coefficient (Wildman–Crippen LogP) is -0.636. The van der Waals surface area contributed by atoms with Gasteiger partial charge in [0.15, 0.2) is 11.4 Å². The van der Waals surface area contributed by atoms with E-state index in [1.807, 2.05) is 13.8 Å². The Labute approximate surface area is 213 Å². The fourth-order valence-corrected chi connectivity index (χ4v) is 4.53. The fraction of sp³-hybridized carbons (Fsp3) is 0.522. The highest BCUT2D eigenvalue weighted by molar-refractivity contribution is 6.03. The number of hydrogen-bond donors (Lipinski definition) is 3. The molecule has 37 heavy (non-hydrogen) atoms. The smallest absolute Gasteiger partial charge is 0.328 e. The molecular formula is C23H32N8O6. The quantitative estimate of drug-likeness (QED) is 0.366. The van der Waals surface area contributed by atoms with E-state index in [1.54, 1.807) is 29.9 Å². The largest absolute Gasteiger partial charge is 0.467 e. The van der Waals surface area contributed by atoms with Gasteiger partial charge in [-0.3, -0.25) is 19.2 Å². The second kappa shape index (κ2) is 11.2. The number of nitrogens with zero attached hydrogens (tertiary/aromatic N) is 5. The van der Waals surface area contributed by atoms with Crippen LogP contribution in [0.1, 0.15) is 70.6 Å². The van der Waals surface area contributed by atoms with Crippen molar-refractivity contribution in [1.82, 2.24) is 29.8 Å².